The van der Waals surface area contributed by atoms with Gasteiger partial charge in [-0.1, -0.05) is 30.3 Å². The Balaban J connectivity index is 1.31. The summed E-state index contributed by atoms with van der Waals surface area (Å²) < 4.78 is 2.08. The second-order valence-electron chi connectivity index (χ2n) is 7.96. The van der Waals surface area contributed by atoms with Gasteiger partial charge in [0.1, 0.15) is 0 Å². The first-order chi connectivity index (χ1) is 13.2. The predicted octanol–water partition coefficient (Wildman–Crippen LogP) is 3.08. The molecular formula is C22H30N4O. The minimum Gasteiger partial charge on any atom is -0.335 e. The Kier molecular flexibility index (Phi) is 5.58. The van der Waals surface area contributed by atoms with Crippen LogP contribution in [0.3, 0.4) is 0 Å². The van der Waals surface area contributed by atoms with Crippen molar-refractivity contribution in [1.29, 1.82) is 0 Å². The molecule has 5 heteroatoms. The van der Waals surface area contributed by atoms with E-state index >= 15 is 0 Å². The van der Waals surface area contributed by atoms with Crippen LogP contribution in [0.15, 0.2) is 36.4 Å². The molecule has 0 radical (unpaired) electrons. The molecule has 1 saturated heterocycles. The zero-order chi connectivity index (χ0) is 18.6. The number of fused-ring (bicyclic) bond motifs is 1. The van der Waals surface area contributed by atoms with E-state index < -0.39 is 0 Å². The van der Waals surface area contributed by atoms with Gasteiger partial charge in [-0.25, -0.2) is 0 Å². The molecule has 0 bridgehead atoms. The van der Waals surface area contributed by atoms with Gasteiger partial charge in [0.2, 0.25) is 5.91 Å². The van der Waals surface area contributed by atoms with Crippen LogP contribution in [0.25, 0.3) is 0 Å². The minimum absolute atomic E-state index is 0.290. The Hall–Kier alpha value is -2.14. The first kappa shape index (κ1) is 18.2. The molecule has 3 heterocycles. The standard InChI is InChI=1S/C22H30N4O/c1-18(24-11-5-6-12-24)9-10-22(27)25-13-14-26-21(17-25)16-20(23-26)15-19-7-3-2-4-8-19/h2-4,7-8,16,18H,5-6,9-15,17H2,1H3. The van der Waals surface area contributed by atoms with Crippen molar-refractivity contribution in [3.05, 3.63) is 53.3 Å². The Labute approximate surface area is 162 Å². The number of amides is 1. The summed E-state index contributed by atoms with van der Waals surface area (Å²) in [5, 5.41) is 4.74. The van der Waals surface area contributed by atoms with Crippen LogP contribution in [0.1, 0.15) is 49.6 Å². The van der Waals surface area contributed by atoms with Crippen LogP contribution in [0.4, 0.5) is 0 Å². The number of benzene rings is 1. The summed E-state index contributed by atoms with van der Waals surface area (Å²) in [5.74, 6) is 0.290. The van der Waals surface area contributed by atoms with Crippen molar-refractivity contribution in [2.24, 2.45) is 0 Å². The lowest BCUT2D eigenvalue weighted by Gasteiger charge is -2.29. The van der Waals surface area contributed by atoms with Gasteiger partial charge in [0.25, 0.3) is 0 Å². The highest BCUT2D eigenvalue weighted by Gasteiger charge is 2.24. The lowest BCUT2D eigenvalue weighted by atomic mass is 10.1. The molecule has 27 heavy (non-hydrogen) atoms. The van der Waals surface area contributed by atoms with E-state index in [4.69, 9.17) is 5.10 Å². The van der Waals surface area contributed by atoms with Crippen LogP contribution < -0.4 is 0 Å². The van der Waals surface area contributed by atoms with Crippen molar-refractivity contribution in [3.8, 4) is 0 Å². The molecule has 2 aromatic rings. The summed E-state index contributed by atoms with van der Waals surface area (Å²) in [4.78, 5) is 17.2. The number of nitrogens with zero attached hydrogens (tertiary/aromatic N) is 4. The zero-order valence-electron chi connectivity index (χ0n) is 16.3. The largest absolute Gasteiger partial charge is 0.335 e. The van der Waals surface area contributed by atoms with Gasteiger partial charge in [0, 0.05) is 25.4 Å². The summed E-state index contributed by atoms with van der Waals surface area (Å²) >= 11 is 0. The maximum absolute atomic E-state index is 12.7. The Morgan fingerprint density at radius 1 is 1.11 bits per heavy atom. The number of carbonyl (C=O) groups is 1. The number of hydrogen-bond donors (Lipinski definition) is 0. The minimum atomic E-state index is 0.290. The summed E-state index contributed by atoms with van der Waals surface area (Å²) in [6, 6.07) is 13.1. The summed E-state index contributed by atoms with van der Waals surface area (Å²) in [5.41, 5.74) is 3.53. The lowest BCUT2D eigenvalue weighted by Crippen LogP contribution is -2.39. The van der Waals surface area contributed by atoms with Crippen molar-refractivity contribution >= 4 is 5.91 Å². The summed E-state index contributed by atoms with van der Waals surface area (Å²) in [6.07, 6.45) is 5.08. The fourth-order valence-corrected chi connectivity index (χ4v) is 4.29. The van der Waals surface area contributed by atoms with E-state index in [9.17, 15) is 4.79 Å². The predicted molar refractivity (Wildman–Crippen MR) is 106 cm³/mol. The topological polar surface area (TPSA) is 41.4 Å². The highest BCUT2D eigenvalue weighted by atomic mass is 16.2. The van der Waals surface area contributed by atoms with Crippen LogP contribution in [-0.2, 0) is 24.3 Å². The molecular weight excluding hydrogens is 336 g/mol. The van der Waals surface area contributed by atoms with Gasteiger partial charge in [-0.15, -0.1) is 0 Å². The van der Waals surface area contributed by atoms with Gasteiger partial charge in [-0.05, 0) is 50.9 Å². The first-order valence-electron chi connectivity index (χ1n) is 10.3. The maximum Gasteiger partial charge on any atom is 0.223 e. The van der Waals surface area contributed by atoms with E-state index in [0.29, 0.717) is 19.0 Å². The Bertz CT molecular complexity index is 764. The second kappa shape index (κ2) is 8.26. The highest BCUT2D eigenvalue weighted by Crippen LogP contribution is 2.19. The molecule has 1 amide bonds. The molecule has 0 spiro atoms. The molecule has 0 saturated carbocycles. The third-order valence-corrected chi connectivity index (χ3v) is 5.97. The number of rotatable bonds is 6. The SMILES string of the molecule is CC(CCC(=O)N1CCn2nc(Cc3ccccc3)cc2C1)N1CCCC1. The Morgan fingerprint density at radius 2 is 1.89 bits per heavy atom. The monoisotopic (exact) mass is 366 g/mol. The van der Waals surface area contributed by atoms with Crippen LogP contribution in [-0.4, -0.2) is 51.2 Å². The zero-order valence-corrected chi connectivity index (χ0v) is 16.3. The number of hydrogen-bond acceptors (Lipinski definition) is 3. The normalized spacial score (nSPS) is 18.5. The fourth-order valence-electron chi connectivity index (χ4n) is 4.29. The summed E-state index contributed by atoms with van der Waals surface area (Å²) in [7, 11) is 0. The second-order valence-corrected chi connectivity index (χ2v) is 7.96. The van der Waals surface area contributed by atoms with Gasteiger partial charge in [0.05, 0.1) is 24.5 Å². The number of likely N-dealkylation sites (tertiary alicyclic amines) is 1. The smallest absolute Gasteiger partial charge is 0.223 e. The molecule has 0 aliphatic carbocycles. The van der Waals surface area contributed by atoms with Crippen molar-refractivity contribution < 1.29 is 4.79 Å². The van der Waals surface area contributed by atoms with E-state index in [1.54, 1.807) is 0 Å². The van der Waals surface area contributed by atoms with E-state index in [1.807, 2.05) is 11.0 Å². The maximum atomic E-state index is 12.7. The van der Waals surface area contributed by atoms with E-state index in [2.05, 4.69) is 46.8 Å². The highest BCUT2D eigenvalue weighted by molar-refractivity contribution is 5.76. The fraction of sp³-hybridized carbons (Fsp3) is 0.545. The molecule has 144 valence electrons. The average molecular weight is 367 g/mol. The van der Waals surface area contributed by atoms with Crippen molar-refractivity contribution in [2.75, 3.05) is 19.6 Å². The molecule has 1 unspecified atom stereocenters. The Morgan fingerprint density at radius 3 is 2.67 bits per heavy atom. The van der Waals surface area contributed by atoms with Crippen LogP contribution in [0.5, 0.6) is 0 Å². The number of aromatic nitrogens is 2. The van der Waals surface area contributed by atoms with Crippen LogP contribution in [0.2, 0.25) is 0 Å². The van der Waals surface area contributed by atoms with E-state index in [-0.39, 0.29) is 5.91 Å². The van der Waals surface area contributed by atoms with Gasteiger partial charge < -0.3 is 9.80 Å². The quantitative estimate of drug-likeness (QED) is 0.789. The average Bonchev–Trinajstić information content (AvgIpc) is 3.35. The molecule has 1 atom stereocenters. The molecule has 1 fully saturated rings. The van der Waals surface area contributed by atoms with Crippen LogP contribution in [0, 0.1) is 0 Å². The third-order valence-electron chi connectivity index (χ3n) is 5.97. The van der Waals surface area contributed by atoms with Crippen molar-refractivity contribution in [1.82, 2.24) is 19.6 Å². The van der Waals surface area contributed by atoms with E-state index in [1.165, 1.54) is 31.5 Å². The molecule has 2 aliphatic rings. The van der Waals surface area contributed by atoms with Crippen LogP contribution >= 0.6 is 0 Å². The molecule has 1 aromatic carbocycles. The molecule has 5 nitrogen and oxygen atoms in total. The van der Waals surface area contributed by atoms with Crippen molar-refractivity contribution in [3.63, 3.8) is 0 Å². The third kappa shape index (κ3) is 4.41. The molecule has 0 N–H and O–H groups in total. The number of carbonyl (C=O) groups excluding carboxylic acids is 1. The summed E-state index contributed by atoms with van der Waals surface area (Å²) in [6.45, 7) is 6.93. The first-order valence-corrected chi connectivity index (χ1v) is 10.3. The molecule has 1 aromatic heterocycles. The lowest BCUT2D eigenvalue weighted by molar-refractivity contribution is -0.133. The van der Waals surface area contributed by atoms with Gasteiger partial charge in [0.15, 0.2) is 0 Å². The molecule has 2 aliphatic heterocycles. The molecule has 4 rings (SSSR count). The van der Waals surface area contributed by atoms with Gasteiger partial charge >= 0.3 is 0 Å². The van der Waals surface area contributed by atoms with E-state index in [0.717, 1.165) is 37.3 Å². The van der Waals surface area contributed by atoms with Gasteiger partial charge in [-0.2, -0.15) is 5.10 Å². The van der Waals surface area contributed by atoms with Gasteiger partial charge in [-0.3, -0.25) is 9.48 Å². The van der Waals surface area contributed by atoms with Crippen molar-refractivity contribution in [2.45, 2.75) is 58.2 Å².